The molecule has 5 heteroatoms. The van der Waals surface area contributed by atoms with Gasteiger partial charge in [0.1, 0.15) is 4.70 Å². The van der Waals surface area contributed by atoms with Crippen molar-refractivity contribution in [2.45, 2.75) is 25.8 Å². The van der Waals surface area contributed by atoms with E-state index in [0.29, 0.717) is 0 Å². The Morgan fingerprint density at radius 2 is 1.82 bits per heavy atom. The van der Waals surface area contributed by atoms with E-state index in [9.17, 15) is 0 Å². The van der Waals surface area contributed by atoms with Crippen molar-refractivity contribution >= 4 is 62.0 Å². The van der Waals surface area contributed by atoms with Gasteiger partial charge in [-0.1, -0.05) is 52.1 Å². The second-order valence-corrected chi connectivity index (χ2v) is 9.11. The molecule has 3 aromatic rings. The summed E-state index contributed by atoms with van der Waals surface area (Å²) in [6, 6.07) is 15.0. The number of aromatic nitrogens is 1. The van der Waals surface area contributed by atoms with Gasteiger partial charge in [0.15, 0.2) is 12.3 Å². The zero-order chi connectivity index (χ0) is 19.9. The molecule has 0 fully saturated rings. The smallest absolute Gasteiger partial charge is 0.266 e. The monoisotopic (exact) mass is 507 g/mol. The van der Waals surface area contributed by atoms with Crippen molar-refractivity contribution in [3.8, 4) is 5.75 Å². The van der Waals surface area contributed by atoms with Crippen LogP contribution in [-0.4, -0.2) is 25.6 Å². The number of para-hydroxylation sites is 1. The van der Waals surface area contributed by atoms with Gasteiger partial charge in [0, 0.05) is 32.3 Å². The number of methoxy groups -OCH3 is 1. The van der Waals surface area contributed by atoms with Crippen molar-refractivity contribution in [3.05, 3.63) is 53.0 Å². The van der Waals surface area contributed by atoms with Gasteiger partial charge in [0.25, 0.3) is 10.5 Å². The van der Waals surface area contributed by atoms with E-state index in [1.54, 1.807) is 7.11 Å². The lowest BCUT2D eigenvalue weighted by Gasteiger charge is -2.11. The summed E-state index contributed by atoms with van der Waals surface area (Å²) in [5.74, 6) is 0.956. The van der Waals surface area contributed by atoms with Gasteiger partial charge in [-0.15, -0.1) is 0 Å². The fraction of sp³-hybridized carbons (Fsp3) is 0.348. The molecule has 148 valence electrons. The molecular formula is C23H28IN2OS+. The first-order valence-electron chi connectivity index (χ1n) is 9.65. The zero-order valence-electron chi connectivity index (χ0n) is 16.8. The van der Waals surface area contributed by atoms with Crippen LogP contribution in [0, 0.1) is 0 Å². The number of unbranched alkanes of at least 4 members (excludes halogenated alkanes) is 2. The number of aryl methyl sites for hydroxylation is 1. The molecule has 3 nitrogen and oxygen atoms in total. The number of rotatable bonds is 9. The topological polar surface area (TPSA) is 16.4 Å². The number of hydrogen-bond acceptors (Lipinski definition) is 3. The van der Waals surface area contributed by atoms with Crippen molar-refractivity contribution in [1.82, 2.24) is 0 Å². The Morgan fingerprint density at radius 3 is 2.50 bits per heavy atom. The van der Waals surface area contributed by atoms with E-state index < -0.39 is 0 Å². The highest BCUT2D eigenvalue weighted by Gasteiger charge is 2.22. The zero-order valence-corrected chi connectivity index (χ0v) is 19.8. The van der Waals surface area contributed by atoms with Crippen molar-refractivity contribution in [2.24, 2.45) is 0 Å². The average molecular weight is 507 g/mol. The Balaban J connectivity index is 1.92. The summed E-state index contributed by atoms with van der Waals surface area (Å²) in [5, 5.41) is 1.27. The molecule has 0 amide bonds. The van der Waals surface area contributed by atoms with E-state index in [1.807, 2.05) is 11.3 Å². The molecule has 0 bridgehead atoms. The van der Waals surface area contributed by atoms with Gasteiger partial charge in [0.2, 0.25) is 0 Å². The van der Waals surface area contributed by atoms with Crippen LogP contribution in [-0.2, 0) is 6.54 Å². The minimum atomic E-state index is 0.956. The Morgan fingerprint density at radius 1 is 1.04 bits per heavy atom. The first-order valence-corrected chi connectivity index (χ1v) is 12.0. The molecule has 0 aliphatic heterocycles. The number of alkyl halides is 1. The number of benzene rings is 2. The minimum absolute atomic E-state index is 0.956. The Labute approximate surface area is 185 Å². The molecule has 0 saturated carbocycles. The summed E-state index contributed by atoms with van der Waals surface area (Å²) in [7, 11) is 5.89. The molecule has 0 spiro atoms. The Kier molecular flexibility index (Phi) is 7.73. The average Bonchev–Trinajstić information content (AvgIpc) is 3.07. The molecule has 1 heterocycles. The van der Waals surface area contributed by atoms with E-state index >= 15 is 0 Å². The summed E-state index contributed by atoms with van der Waals surface area (Å²) in [5.41, 5.74) is 3.65. The molecule has 0 aliphatic carbocycles. The lowest BCUT2D eigenvalue weighted by molar-refractivity contribution is -0.669. The van der Waals surface area contributed by atoms with E-state index in [2.05, 4.69) is 101 Å². The SMILES string of the molecule is COc1cccc2sc(/C=C/c3ccc(N(C)C)cc3)[n+](CCCCCI)c12. The maximum absolute atomic E-state index is 5.66. The molecule has 0 unspecified atom stereocenters. The maximum atomic E-state index is 5.66. The lowest BCUT2D eigenvalue weighted by atomic mass is 10.2. The van der Waals surface area contributed by atoms with Gasteiger partial charge in [0.05, 0.1) is 7.11 Å². The quantitative estimate of drug-likeness (QED) is 0.152. The number of thiazole rings is 1. The van der Waals surface area contributed by atoms with Gasteiger partial charge in [-0.3, -0.25) is 0 Å². The first kappa shape index (κ1) is 21.1. The van der Waals surface area contributed by atoms with Crippen LogP contribution < -0.4 is 14.2 Å². The Hall–Kier alpha value is -1.60. The fourth-order valence-corrected chi connectivity index (χ4v) is 4.88. The maximum Gasteiger partial charge on any atom is 0.266 e. The highest BCUT2D eigenvalue weighted by Crippen LogP contribution is 2.29. The first-order chi connectivity index (χ1) is 13.6. The largest absolute Gasteiger partial charge is 0.490 e. The van der Waals surface area contributed by atoms with E-state index in [4.69, 9.17) is 4.74 Å². The normalized spacial score (nSPS) is 11.4. The second-order valence-electron chi connectivity index (χ2n) is 6.97. The molecule has 0 atom stereocenters. The molecule has 28 heavy (non-hydrogen) atoms. The second kappa shape index (κ2) is 10.3. The van der Waals surface area contributed by atoms with Crippen molar-refractivity contribution in [3.63, 3.8) is 0 Å². The van der Waals surface area contributed by atoms with E-state index in [0.717, 1.165) is 12.3 Å². The van der Waals surface area contributed by atoms with Crippen LogP contribution in [0.2, 0.25) is 0 Å². The number of nitrogens with zero attached hydrogens (tertiary/aromatic N) is 2. The number of fused-ring (bicyclic) bond motifs is 1. The minimum Gasteiger partial charge on any atom is -0.490 e. The molecular weight excluding hydrogens is 479 g/mol. The van der Waals surface area contributed by atoms with Crippen molar-refractivity contribution in [2.75, 3.05) is 30.5 Å². The number of halogens is 1. The third-order valence-corrected chi connectivity index (χ3v) is 6.65. The number of hydrogen-bond donors (Lipinski definition) is 0. The third kappa shape index (κ3) is 5.06. The van der Waals surface area contributed by atoms with Crippen LogP contribution in [0.4, 0.5) is 5.69 Å². The van der Waals surface area contributed by atoms with Gasteiger partial charge in [-0.2, -0.15) is 4.57 Å². The van der Waals surface area contributed by atoms with E-state index in [-0.39, 0.29) is 0 Å². The van der Waals surface area contributed by atoms with Crippen molar-refractivity contribution < 1.29 is 9.30 Å². The van der Waals surface area contributed by atoms with Crippen LogP contribution in [0.25, 0.3) is 22.4 Å². The van der Waals surface area contributed by atoms with Crippen molar-refractivity contribution in [1.29, 1.82) is 0 Å². The molecule has 0 radical (unpaired) electrons. The van der Waals surface area contributed by atoms with Gasteiger partial charge >= 0.3 is 0 Å². The van der Waals surface area contributed by atoms with Gasteiger partial charge in [-0.25, -0.2) is 0 Å². The standard InChI is InChI=1S/C23H28IN2OS/c1-25(2)19-13-10-18(11-14-19)12-15-22-26(17-6-4-5-16-24)23-20(27-3)8-7-9-21(23)28-22/h7-15H,4-6,16-17H2,1-3H3/q+1. The number of anilines is 1. The Bertz CT molecular complexity index is 932. The van der Waals surface area contributed by atoms with E-state index in [1.165, 1.54) is 50.2 Å². The molecule has 3 rings (SSSR count). The van der Waals surface area contributed by atoms with Crippen LogP contribution in [0.5, 0.6) is 5.75 Å². The van der Waals surface area contributed by atoms with Gasteiger partial charge in [-0.05, 0) is 53.2 Å². The summed E-state index contributed by atoms with van der Waals surface area (Å²) in [6.07, 6.45) is 8.18. The molecule has 2 aromatic carbocycles. The highest BCUT2D eigenvalue weighted by molar-refractivity contribution is 14.1. The van der Waals surface area contributed by atoms with Crippen LogP contribution >= 0.6 is 33.9 Å². The summed E-state index contributed by atoms with van der Waals surface area (Å²) < 4.78 is 10.6. The number of ether oxygens (including phenoxy) is 1. The molecule has 0 saturated heterocycles. The van der Waals surface area contributed by atoms with Gasteiger partial charge < -0.3 is 9.64 Å². The summed E-state index contributed by atoms with van der Waals surface area (Å²) in [6.45, 7) is 1.02. The fourth-order valence-electron chi connectivity index (χ4n) is 3.23. The highest BCUT2D eigenvalue weighted by atomic mass is 127. The summed E-state index contributed by atoms with van der Waals surface area (Å²) >= 11 is 4.29. The third-order valence-electron chi connectivity index (χ3n) is 4.78. The molecule has 0 N–H and O–H groups in total. The molecule has 1 aromatic heterocycles. The van der Waals surface area contributed by atoms with Crippen LogP contribution in [0.3, 0.4) is 0 Å². The predicted molar refractivity (Wildman–Crippen MR) is 131 cm³/mol. The summed E-state index contributed by atoms with van der Waals surface area (Å²) in [4.78, 5) is 2.12. The van der Waals surface area contributed by atoms with Crippen LogP contribution in [0.15, 0.2) is 42.5 Å². The van der Waals surface area contributed by atoms with Crippen LogP contribution in [0.1, 0.15) is 29.8 Å². The lowest BCUT2D eigenvalue weighted by Crippen LogP contribution is -2.35. The predicted octanol–water partition coefficient (Wildman–Crippen LogP) is 6.04. The molecule has 0 aliphatic rings.